The zero-order valence-corrected chi connectivity index (χ0v) is 40.2. The van der Waals surface area contributed by atoms with Gasteiger partial charge in [0, 0.05) is 19.3 Å². The van der Waals surface area contributed by atoms with Crippen LogP contribution in [0.25, 0.3) is 0 Å². The highest BCUT2D eigenvalue weighted by molar-refractivity contribution is 5.71. The van der Waals surface area contributed by atoms with Crippen LogP contribution in [-0.4, -0.2) is 37.2 Å². The molecule has 6 nitrogen and oxygen atoms in total. The van der Waals surface area contributed by atoms with Gasteiger partial charge in [-0.15, -0.1) is 0 Å². The van der Waals surface area contributed by atoms with Crippen molar-refractivity contribution in [1.82, 2.24) is 0 Å². The molecule has 0 radical (unpaired) electrons. The SMILES string of the molecule is CCCCCCCCCCCCCCCCCCCC(=O)OC[C@@H](COC(=O)CCCCCCCCCCCCCCCCC(C)C)OC(=O)CCCCCCCCC. The fourth-order valence-electron chi connectivity index (χ4n) is 8.04. The molecule has 0 aliphatic heterocycles. The van der Waals surface area contributed by atoms with Crippen LogP contribution in [0.4, 0.5) is 0 Å². The number of carbonyl (C=O) groups is 3. The van der Waals surface area contributed by atoms with E-state index in [0.717, 1.165) is 63.7 Å². The van der Waals surface area contributed by atoms with Gasteiger partial charge in [-0.3, -0.25) is 14.4 Å². The van der Waals surface area contributed by atoms with E-state index in [1.807, 2.05) is 0 Å². The van der Waals surface area contributed by atoms with Gasteiger partial charge in [-0.1, -0.05) is 259 Å². The molecule has 0 amide bonds. The smallest absolute Gasteiger partial charge is 0.306 e. The minimum Gasteiger partial charge on any atom is -0.462 e. The number of hydrogen-bond donors (Lipinski definition) is 0. The summed E-state index contributed by atoms with van der Waals surface area (Å²) in [6.45, 7) is 9.00. The molecular weight excluding hydrogens is 733 g/mol. The van der Waals surface area contributed by atoms with Crippen LogP contribution >= 0.6 is 0 Å². The quantitative estimate of drug-likeness (QED) is 0.0345. The molecule has 59 heavy (non-hydrogen) atoms. The van der Waals surface area contributed by atoms with Gasteiger partial charge in [0.25, 0.3) is 0 Å². The van der Waals surface area contributed by atoms with E-state index in [1.165, 1.54) is 193 Å². The molecule has 0 aromatic carbocycles. The molecule has 6 heteroatoms. The second-order valence-corrected chi connectivity index (χ2v) is 18.6. The van der Waals surface area contributed by atoms with Crippen LogP contribution in [0.5, 0.6) is 0 Å². The highest BCUT2D eigenvalue weighted by atomic mass is 16.6. The molecule has 350 valence electrons. The average Bonchev–Trinajstić information content (AvgIpc) is 3.22. The van der Waals surface area contributed by atoms with Gasteiger partial charge in [0.1, 0.15) is 13.2 Å². The van der Waals surface area contributed by atoms with E-state index in [9.17, 15) is 14.4 Å². The van der Waals surface area contributed by atoms with Gasteiger partial charge in [0.2, 0.25) is 0 Å². The first-order valence-electron chi connectivity index (χ1n) is 26.4. The Morgan fingerprint density at radius 2 is 0.559 bits per heavy atom. The van der Waals surface area contributed by atoms with Crippen molar-refractivity contribution >= 4 is 17.9 Å². The first-order chi connectivity index (χ1) is 28.9. The van der Waals surface area contributed by atoms with Crippen LogP contribution in [0.1, 0.15) is 297 Å². The molecular formula is C53H102O6. The van der Waals surface area contributed by atoms with Crippen LogP contribution in [0.3, 0.4) is 0 Å². The Labute approximate surface area is 368 Å². The number of rotatable bonds is 48. The summed E-state index contributed by atoms with van der Waals surface area (Å²) in [6, 6.07) is 0. The zero-order valence-electron chi connectivity index (χ0n) is 40.2. The molecule has 1 atom stereocenters. The lowest BCUT2D eigenvalue weighted by molar-refractivity contribution is -0.167. The summed E-state index contributed by atoms with van der Waals surface area (Å²) >= 11 is 0. The second kappa shape index (κ2) is 47.5. The van der Waals surface area contributed by atoms with E-state index in [1.54, 1.807) is 0 Å². The van der Waals surface area contributed by atoms with Crippen LogP contribution in [-0.2, 0) is 28.6 Å². The molecule has 0 rings (SSSR count). The molecule has 0 fully saturated rings. The molecule has 0 aliphatic rings. The number of esters is 3. The zero-order chi connectivity index (χ0) is 43.1. The first-order valence-corrected chi connectivity index (χ1v) is 26.4. The van der Waals surface area contributed by atoms with Gasteiger partial charge in [-0.05, 0) is 25.2 Å². The lowest BCUT2D eigenvalue weighted by atomic mass is 10.0. The Bertz CT molecular complexity index is 887. The number of carbonyl (C=O) groups excluding carboxylic acids is 3. The third kappa shape index (κ3) is 47.3. The lowest BCUT2D eigenvalue weighted by Gasteiger charge is -2.18. The first kappa shape index (κ1) is 57.4. The van der Waals surface area contributed by atoms with Crippen molar-refractivity contribution in [2.45, 2.75) is 303 Å². The van der Waals surface area contributed by atoms with Crippen LogP contribution in [0, 0.1) is 5.92 Å². The van der Waals surface area contributed by atoms with Gasteiger partial charge in [-0.25, -0.2) is 0 Å². The Morgan fingerprint density at radius 3 is 0.831 bits per heavy atom. The molecule has 0 N–H and O–H groups in total. The molecule has 0 spiro atoms. The van der Waals surface area contributed by atoms with Crippen molar-refractivity contribution in [2.24, 2.45) is 5.92 Å². The maximum absolute atomic E-state index is 12.7. The standard InChI is InChI=1S/C53H102O6/c1-5-7-9-11-13-14-15-16-17-18-19-23-26-29-33-36-40-44-51(54)57-47-50(59-53(56)46-42-38-31-12-10-8-6-2)48-58-52(55)45-41-37-34-30-27-24-21-20-22-25-28-32-35-39-43-49(3)4/h49-50H,5-48H2,1-4H3/t50-/m0/s1. The Hall–Kier alpha value is -1.59. The summed E-state index contributed by atoms with van der Waals surface area (Å²) in [5.41, 5.74) is 0. The van der Waals surface area contributed by atoms with E-state index in [2.05, 4.69) is 27.7 Å². The highest BCUT2D eigenvalue weighted by Crippen LogP contribution is 2.17. The van der Waals surface area contributed by atoms with Crippen LogP contribution in [0.2, 0.25) is 0 Å². The van der Waals surface area contributed by atoms with E-state index in [0.29, 0.717) is 19.3 Å². The van der Waals surface area contributed by atoms with Crippen molar-refractivity contribution in [3.63, 3.8) is 0 Å². The Morgan fingerprint density at radius 1 is 0.322 bits per heavy atom. The van der Waals surface area contributed by atoms with Crippen LogP contribution in [0.15, 0.2) is 0 Å². The second-order valence-electron chi connectivity index (χ2n) is 18.6. The van der Waals surface area contributed by atoms with Crippen molar-refractivity contribution in [3.8, 4) is 0 Å². The van der Waals surface area contributed by atoms with Gasteiger partial charge >= 0.3 is 17.9 Å². The maximum Gasteiger partial charge on any atom is 0.306 e. The normalized spacial score (nSPS) is 11.9. The maximum atomic E-state index is 12.7. The van der Waals surface area contributed by atoms with E-state index in [-0.39, 0.29) is 31.1 Å². The molecule has 0 saturated heterocycles. The molecule has 0 aromatic heterocycles. The number of ether oxygens (including phenoxy) is 3. The topological polar surface area (TPSA) is 78.9 Å². The number of unbranched alkanes of at least 4 members (excludes halogenated alkanes) is 35. The van der Waals surface area contributed by atoms with Crippen molar-refractivity contribution in [1.29, 1.82) is 0 Å². The minimum atomic E-state index is -0.759. The summed E-state index contributed by atoms with van der Waals surface area (Å²) < 4.78 is 16.8. The third-order valence-electron chi connectivity index (χ3n) is 12.0. The van der Waals surface area contributed by atoms with Crippen LogP contribution < -0.4 is 0 Å². The van der Waals surface area contributed by atoms with Crippen molar-refractivity contribution in [2.75, 3.05) is 13.2 Å². The third-order valence-corrected chi connectivity index (χ3v) is 12.0. The van der Waals surface area contributed by atoms with E-state index >= 15 is 0 Å². The largest absolute Gasteiger partial charge is 0.462 e. The lowest BCUT2D eigenvalue weighted by Crippen LogP contribution is -2.30. The van der Waals surface area contributed by atoms with Gasteiger partial charge < -0.3 is 14.2 Å². The summed E-state index contributed by atoms with van der Waals surface area (Å²) in [5, 5.41) is 0. The van der Waals surface area contributed by atoms with E-state index < -0.39 is 6.10 Å². The highest BCUT2D eigenvalue weighted by Gasteiger charge is 2.19. The molecule has 0 unspecified atom stereocenters. The molecule has 0 bridgehead atoms. The summed E-state index contributed by atoms with van der Waals surface area (Å²) in [4.78, 5) is 37.8. The predicted molar refractivity (Wildman–Crippen MR) is 252 cm³/mol. The summed E-state index contributed by atoms with van der Waals surface area (Å²) in [7, 11) is 0. The molecule has 0 aliphatic carbocycles. The molecule has 0 heterocycles. The van der Waals surface area contributed by atoms with Crippen molar-refractivity contribution in [3.05, 3.63) is 0 Å². The van der Waals surface area contributed by atoms with Gasteiger partial charge in [-0.2, -0.15) is 0 Å². The van der Waals surface area contributed by atoms with Gasteiger partial charge in [0.15, 0.2) is 6.10 Å². The fraction of sp³-hybridized carbons (Fsp3) is 0.943. The summed E-state index contributed by atoms with van der Waals surface area (Å²) in [5.74, 6) is -0.00534. The molecule has 0 saturated carbocycles. The summed E-state index contributed by atoms with van der Waals surface area (Å²) in [6.07, 6.45) is 49.6. The van der Waals surface area contributed by atoms with Crippen molar-refractivity contribution < 1.29 is 28.6 Å². The number of hydrogen-bond acceptors (Lipinski definition) is 6. The monoisotopic (exact) mass is 835 g/mol. The fourth-order valence-corrected chi connectivity index (χ4v) is 8.04. The molecule has 0 aromatic rings. The predicted octanol–water partition coefficient (Wildman–Crippen LogP) is 17.1. The van der Waals surface area contributed by atoms with E-state index in [4.69, 9.17) is 14.2 Å². The average molecular weight is 835 g/mol. The minimum absolute atomic E-state index is 0.0632. The Kier molecular flexibility index (Phi) is 46.2. The Balaban J connectivity index is 4.14. The van der Waals surface area contributed by atoms with Gasteiger partial charge in [0.05, 0.1) is 0 Å².